The van der Waals surface area contributed by atoms with Gasteiger partial charge in [0.15, 0.2) is 16.0 Å². The van der Waals surface area contributed by atoms with E-state index in [9.17, 15) is 0 Å². The Kier molecular flexibility index (Phi) is 3.66. The fourth-order valence-corrected chi connectivity index (χ4v) is 2.51. The highest BCUT2D eigenvalue weighted by molar-refractivity contribution is 7.99. The topological polar surface area (TPSA) is 43.6 Å². The fourth-order valence-electron chi connectivity index (χ4n) is 1.33. The molecule has 0 amide bonds. The number of hydrogen-bond donors (Lipinski definition) is 0. The summed E-state index contributed by atoms with van der Waals surface area (Å²) in [5, 5.41) is 1.17. The van der Waals surface area contributed by atoms with Gasteiger partial charge in [0.05, 0.1) is 6.33 Å². The van der Waals surface area contributed by atoms with Crippen LogP contribution in [0.4, 0.5) is 0 Å². The van der Waals surface area contributed by atoms with Crippen LogP contribution in [0.5, 0.6) is 0 Å². The highest BCUT2D eigenvalue weighted by Gasteiger charge is 2.10. The Hall–Kier alpha value is -0.810. The molecule has 0 aliphatic carbocycles. The predicted octanol–water partition coefficient (Wildman–Crippen LogP) is 2.91. The lowest BCUT2D eigenvalue weighted by molar-refractivity contribution is 0.882. The lowest BCUT2D eigenvalue weighted by Crippen LogP contribution is -1.94. The molecule has 0 aliphatic heterocycles. The number of thioether (sulfide) groups is 1. The molecule has 0 aromatic carbocycles. The Morgan fingerprint density at radius 1 is 1.44 bits per heavy atom. The molecule has 6 heteroatoms. The largest absolute Gasteiger partial charge is 0.318 e. The van der Waals surface area contributed by atoms with E-state index < -0.39 is 0 Å². The van der Waals surface area contributed by atoms with Crippen LogP contribution in [-0.2, 0) is 7.05 Å². The zero-order valence-electron chi connectivity index (χ0n) is 9.27. The standard InChI is InChI=1S/C10H13ClN4S/c1-3-4-5-16-10-13-8(11)7-9(14-10)15(2)6-12-7/h6H,3-5H2,1-2H3. The normalized spacial score (nSPS) is 11.2. The van der Waals surface area contributed by atoms with Gasteiger partial charge in [-0.1, -0.05) is 36.7 Å². The first-order valence-electron chi connectivity index (χ1n) is 5.19. The first-order valence-corrected chi connectivity index (χ1v) is 6.56. The molecular weight excluding hydrogens is 244 g/mol. The van der Waals surface area contributed by atoms with Gasteiger partial charge in [0.25, 0.3) is 0 Å². The maximum atomic E-state index is 6.05. The molecule has 0 unspecified atom stereocenters. The summed E-state index contributed by atoms with van der Waals surface area (Å²) in [5.41, 5.74) is 1.46. The first kappa shape index (κ1) is 11.7. The maximum absolute atomic E-state index is 6.05. The van der Waals surface area contributed by atoms with Gasteiger partial charge in [-0.2, -0.15) is 0 Å². The van der Waals surface area contributed by atoms with Crippen LogP contribution in [0.15, 0.2) is 11.5 Å². The van der Waals surface area contributed by atoms with E-state index in [-0.39, 0.29) is 0 Å². The van der Waals surface area contributed by atoms with Crippen molar-refractivity contribution >= 4 is 34.5 Å². The summed E-state index contributed by atoms with van der Waals surface area (Å²) in [6.07, 6.45) is 4.04. The molecule has 4 nitrogen and oxygen atoms in total. The van der Waals surface area contributed by atoms with Crippen molar-refractivity contribution in [1.29, 1.82) is 0 Å². The average Bonchev–Trinajstić information content (AvgIpc) is 2.62. The summed E-state index contributed by atoms with van der Waals surface area (Å²) < 4.78 is 1.85. The van der Waals surface area contributed by atoms with Gasteiger partial charge in [-0.05, 0) is 6.42 Å². The van der Waals surface area contributed by atoms with E-state index in [1.165, 1.54) is 6.42 Å². The summed E-state index contributed by atoms with van der Waals surface area (Å²) in [5.74, 6) is 1.02. The second-order valence-electron chi connectivity index (χ2n) is 3.53. The Balaban J connectivity index is 2.29. The molecule has 0 spiro atoms. The van der Waals surface area contributed by atoms with E-state index in [4.69, 9.17) is 11.6 Å². The SMILES string of the molecule is CCCCSc1nc(Cl)c2ncn(C)c2n1. The molecule has 16 heavy (non-hydrogen) atoms. The van der Waals surface area contributed by atoms with Gasteiger partial charge in [0, 0.05) is 12.8 Å². The number of imidazole rings is 1. The zero-order chi connectivity index (χ0) is 11.5. The molecule has 2 aromatic rings. The van der Waals surface area contributed by atoms with Gasteiger partial charge in [0.1, 0.15) is 5.52 Å². The van der Waals surface area contributed by atoms with Crippen molar-refractivity contribution < 1.29 is 0 Å². The summed E-state index contributed by atoms with van der Waals surface area (Å²) in [7, 11) is 1.90. The van der Waals surface area contributed by atoms with Gasteiger partial charge in [-0.15, -0.1) is 0 Å². The highest BCUT2D eigenvalue weighted by atomic mass is 35.5. The molecule has 0 saturated heterocycles. The zero-order valence-corrected chi connectivity index (χ0v) is 10.8. The molecule has 86 valence electrons. The van der Waals surface area contributed by atoms with Gasteiger partial charge in [-0.3, -0.25) is 0 Å². The molecule has 0 radical (unpaired) electrons. The smallest absolute Gasteiger partial charge is 0.191 e. The molecule has 2 rings (SSSR count). The lowest BCUT2D eigenvalue weighted by Gasteiger charge is -2.01. The van der Waals surface area contributed by atoms with E-state index in [0.717, 1.165) is 23.0 Å². The number of unbranched alkanes of at least 4 members (excludes halogenated alkanes) is 1. The van der Waals surface area contributed by atoms with E-state index in [2.05, 4.69) is 21.9 Å². The number of nitrogens with zero attached hydrogens (tertiary/aromatic N) is 4. The molecule has 0 fully saturated rings. The molecule has 0 N–H and O–H groups in total. The van der Waals surface area contributed by atoms with Gasteiger partial charge >= 0.3 is 0 Å². The van der Waals surface area contributed by atoms with Crippen molar-refractivity contribution in [2.45, 2.75) is 24.9 Å². The lowest BCUT2D eigenvalue weighted by atomic mass is 10.4. The molecule has 2 heterocycles. The number of hydrogen-bond acceptors (Lipinski definition) is 4. The number of halogens is 1. The Morgan fingerprint density at radius 3 is 3.00 bits per heavy atom. The molecule has 0 bridgehead atoms. The van der Waals surface area contributed by atoms with E-state index in [1.807, 2.05) is 11.6 Å². The molecule has 0 saturated carbocycles. The van der Waals surface area contributed by atoms with Crippen LogP contribution in [0.25, 0.3) is 11.2 Å². The molecular formula is C10H13ClN4S. The molecule has 2 aromatic heterocycles. The van der Waals surface area contributed by atoms with E-state index in [1.54, 1.807) is 18.1 Å². The van der Waals surface area contributed by atoms with Crippen molar-refractivity contribution in [2.75, 3.05) is 5.75 Å². The minimum atomic E-state index is 0.435. The fraction of sp³-hybridized carbons (Fsp3) is 0.500. The van der Waals surface area contributed by atoms with Crippen LogP contribution in [-0.4, -0.2) is 25.3 Å². The Bertz CT molecular complexity index is 497. The number of rotatable bonds is 4. The quantitative estimate of drug-likeness (QED) is 0.365. The Labute approximate surface area is 103 Å². The minimum absolute atomic E-state index is 0.435. The number of fused-ring (bicyclic) bond motifs is 1. The van der Waals surface area contributed by atoms with Crippen molar-refractivity contribution in [1.82, 2.24) is 19.5 Å². The third-order valence-corrected chi connectivity index (χ3v) is 3.42. The maximum Gasteiger partial charge on any atom is 0.191 e. The number of aryl methyl sites for hydroxylation is 1. The van der Waals surface area contributed by atoms with Crippen LogP contribution < -0.4 is 0 Å². The average molecular weight is 257 g/mol. The van der Waals surface area contributed by atoms with Gasteiger partial charge < -0.3 is 4.57 Å². The predicted molar refractivity (Wildman–Crippen MR) is 66.9 cm³/mol. The van der Waals surface area contributed by atoms with Gasteiger partial charge in [-0.25, -0.2) is 15.0 Å². The third kappa shape index (κ3) is 2.30. The van der Waals surface area contributed by atoms with E-state index in [0.29, 0.717) is 10.7 Å². The second kappa shape index (κ2) is 5.01. The third-order valence-electron chi connectivity index (χ3n) is 2.23. The number of aromatic nitrogens is 4. The van der Waals surface area contributed by atoms with Crippen LogP contribution in [0, 0.1) is 0 Å². The molecule has 0 atom stereocenters. The van der Waals surface area contributed by atoms with Crippen LogP contribution in [0.1, 0.15) is 19.8 Å². The van der Waals surface area contributed by atoms with Crippen molar-refractivity contribution in [3.63, 3.8) is 0 Å². The van der Waals surface area contributed by atoms with Crippen LogP contribution in [0.3, 0.4) is 0 Å². The summed E-state index contributed by atoms with van der Waals surface area (Å²) in [4.78, 5) is 12.8. The Morgan fingerprint density at radius 2 is 2.25 bits per heavy atom. The summed E-state index contributed by atoms with van der Waals surface area (Å²) >= 11 is 7.69. The van der Waals surface area contributed by atoms with Crippen molar-refractivity contribution in [3.8, 4) is 0 Å². The van der Waals surface area contributed by atoms with Gasteiger partial charge in [0.2, 0.25) is 0 Å². The first-order chi connectivity index (χ1) is 7.72. The minimum Gasteiger partial charge on any atom is -0.318 e. The monoisotopic (exact) mass is 256 g/mol. The molecule has 0 aliphatic rings. The van der Waals surface area contributed by atoms with Crippen molar-refractivity contribution in [3.05, 3.63) is 11.5 Å². The van der Waals surface area contributed by atoms with Crippen LogP contribution in [0.2, 0.25) is 5.15 Å². The summed E-state index contributed by atoms with van der Waals surface area (Å²) in [6, 6.07) is 0. The van der Waals surface area contributed by atoms with E-state index >= 15 is 0 Å². The van der Waals surface area contributed by atoms with Crippen LogP contribution >= 0.6 is 23.4 Å². The second-order valence-corrected chi connectivity index (χ2v) is 4.95. The highest BCUT2D eigenvalue weighted by Crippen LogP contribution is 2.23. The van der Waals surface area contributed by atoms with Crippen molar-refractivity contribution in [2.24, 2.45) is 7.05 Å². The summed E-state index contributed by atoms with van der Waals surface area (Å²) in [6.45, 7) is 2.17.